The van der Waals surface area contributed by atoms with Crippen molar-refractivity contribution in [3.8, 4) is 0 Å². The number of aromatic nitrogens is 5. The molecule has 130 valence electrons. The van der Waals surface area contributed by atoms with Crippen LogP contribution in [0.3, 0.4) is 0 Å². The maximum absolute atomic E-state index is 12.4. The van der Waals surface area contributed by atoms with Gasteiger partial charge in [-0.1, -0.05) is 0 Å². The summed E-state index contributed by atoms with van der Waals surface area (Å²) in [5, 5.41) is 11.4. The van der Waals surface area contributed by atoms with Crippen molar-refractivity contribution in [2.45, 2.75) is 39.3 Å². The van der Waals surface area contributed by atoms with Gasteiger partial charge in [0.2, 0.25) is 5.91 Å². The van der Waals surface area contributed by atoms with Crippen molar-refractivity contribution in [2.24, 2.45) is 5.92 Å². The Morgan fingerprint density at radius 3 is 3.04 bits per heavy atom. The van der Waals surface area contributed by atoms with Crippen LogP contribution < -0.4 is 5.32 Å². The number of rotatable bonds is 6. The molecule has 0 unspecified atom stereocenters. The molecule has 1 amide bonds. The van der Waals surface area contributed by atoms with Crippen LogP contribution in [0.4, 0.5) is 5.82 Å². The molecule has 1 fully saturated rings. The normalized spacial score (nSPS) is 18.9. The van der Waals surface area contributed by atoms with Crippen molar-refractivity contribution in [1.29, 1.82) is 0 Å². The molecule has 1 aliphatic heterocycles. The van der Waals surface area contributed by atoms with Crippen molar-refractivity contribution < 1.29 is 4.79 Å². The van der Waals surface area contributed by atoms with Crippen molar-refractivity contribution in [1.82, 2.24) is 29.4 Å². The summed E-state index contributed by atoms with van der Waals surface area (Å²) >= 11 is 0. The predicted octanol–water partition coefficient (Wildman–Crippen LogP) is 1.41. The number of nitrogens with one attached hydrogen (secondary N) is 1. The molecular weight excluding hydrogens is 306 g/mol. The maximum Gasteiger partial charge on any atom is 0.239 e. The summed E-state index contributed by atoms with van der Waals surface area (Å²) in [6.45, 7) is 7.24. The Labute approximate surface area is 141 Å². The number of nitrogens with zero attached hydrogens (tertiary/aromatic N) is 6. The summed E-state index contributed by atoms with van der Waals surface area (Å²) in [4.78, 5) is 18.6. The van der Waals surface area contributed by atoms with Gasteiger partial charge in [-0.25, -0.2) is 9.67 Å². The third kappa shape index (κ3) is 4.19. The highest BCUT2D eigenvalue weighted by atomic mass is 16.2. The quantitative estimate of drug-likeness (QED) is 0.865. The standard InChI is InChI=1S/C16H25N7O/c1-13(2)23-15(5-6-18-23)20-16(24)10-21-7-3-4-14(8-21)9-22-12-17-11-19-22/h5-6,11-14H,3-4,7-10H2,1-2H3,(H,20,24)/t14-/m1/s1. The van der Waals surface area contributed by atoms with Crippen molar-refractivity contribution in [2.75, 3.05) is 25.0 Å². The van der Waals surface area contributed by atoms with Crippen LogP contribution in [-0.4, -0.2) is 55.0 Å². The molecule has 1 aliphatic rings. The second-order valence-corrected chi connectivity index (χ2v) is 6.66. The van der Waals surface area contributed by atoms with Crippen LogP contribution in [0.5, 0.6) is 0 Å². The summed E-state index contributed by atoms with van der Waals surface area (Å²) in [5.41, 5.74) is 0. The highest BCUT2D eigenvalue weighted by Crippen LogP contribution is 2.18. The highest BCUT2D eigenvalue weighted by Gasteiger charge is 2.22. The van der Waals surface area contributed by atoms with Crippen LogP contribution >= 0.6 is 0 Å². The van der Waals surface area contributed by atoms with Crippen LogP contribution in [-0.2, 0) is 11.3 Å². The molecule has 0 bridgehead atoms. The first-order valence-electron chi connectivity index (χ1n) is 8.50. The molecule has 0 spiro atoms. The average molecular weight is 331 g/mol. The molecule has 0 aromatic carbocycles. The maximum atomic E-state index is 12.4. The Kier molecular flexibility index (Phi) is 5.24. The molecule has 3 rings (SSSR count). The lowest BCUT2D eigenvalue weighted by Gasteiger charge is -2.32. The number of carbonyl (C=O) groups is 1. The van der Waals surface area contributed by atoms with Gasteiger partial charge in [-0.15, -0.1) is 0 Å². The van der Waals surface area contributed by atoms with Crippen LogP contribution in [0.2, 0.25) is 0 Å². The third-order valence-electron chi connectivity index (χ3n) is 4.31. The monoisotopic (exact) mass is 331 g/mol. The minimum absolute atomic E-state index is 0.0128. The number of piperidine rings is 1. The van der Waals surface area contributed by atoms with E-state index in [9.17, 15) is 4.79 Å². The smallest absolute Gasteiger partial charge is 0.239 e. The molecular formula is C16H25N7O. The van der Waals surface area contributed by atoms with Gasteiger partial charge in [0.05, 0.1) is 12.7 Å². The van der Waals surface area contributed by atoms with Crippen molar-refractivity contribution >= 4 is 11.7 Å². The van der Waals surface area contributed by atoms with Crippen LogP contribution in [0.1, 0.15) is 32.7 Å². The zero-order chi connectivity index (χ0) is 16.9. The summed E-state index contributed by atoms with van der Waals surface area (Å²) in [5.74, 6) is 1.28. The molecule has 8 nitrogen and oxygen atoms in total. The van der Waals surface area contributed by atoms with Gasteiger partial charge < -0.3 is 5.32 Å². The van der Waals surface area contributed by atoms with Gasteiger partial charge >= 0.3 is 0 Å². The van der Waals surface area contributed by atoms with Gasteiger partial charge in [0.25, 0.3) is 0 Å². The number of hydrogen-bond donors (Lipinski definition) is 1. The Balaban J connectivity index is 1.51. The third-order valence-corrected chi connectivity index (χ3v) is 4.31. The second-order valence-electron chi connectivity index (χ2n) is 6.66. The van der Waals surface area contributed by atoms with Gasteiger partial charge in [-0.3, -0.25) is 14.4 Å². The minimum atomic E-state index is 0.0128. The van der Waals surface area contributed by atoms with E-state index in [0.29, 0.717) is 12.5 Å². The van der Waals surface area contributed by atoms with Crippen LogP contribution in [0.15, 0.2) is 24.9 Å². The number of hydrogen-bond acceptors (Lipinski definition) is 5. The van der Waals surface area contributed by atoms with Crippen molar-refractivity contribution in [3.05, 3.63) is 24.9 Å². The lowest BCUT2D eigenvalue weighted by atomic mass is 9.98. The predicted molar refractivity (Wildman–Crippen MR) is 90.4 cm³/mol. The van der Waals surface area contributed by atoms with E-state index in [0.717, 1.165) is 38.3 Å². The number of carbonyl (C=O) groups excluding carboxylic acids is 1. The Morgan fingerprint density at radius 2 is 2.29 bits per heavy atom. The summed E-state index contributed by atoms with van der Waals surface area (Å²) < 4.78 is 3.69. The Morgan fingerprint density at radius 1 is 1.42 bits per heavy atom. The lowest BCUT2D eigenvalue weighted by molar-refractivity contribution is -0.117. The van der Waals surface area contributed by atoms with Gasteiger partial charge in [-0.2, -0.15) is 10.2 Å². The average Bonchev–Trinajstić information content (AvgIpc) is 3.19. The Bertz CT molecular complexity index is 649. The summed E-state index contributed by atoms with van der Waals surface area (Å²) in [6.07, 6.45) is 7.30. The zero-order valence-electron chi connectivity index (χ0n) is 14.3. The minimum Gasteiger partial charge on any atom is -0.310 e. The molecule has 1 saturated heterocycles. The van der Waals surface area contributed by atoms with E-state index >= 15 is 0 Å². The molecule has 0 aliphatic carbocycles. The van der Waals surface area contributed by atoms with E-state index in [-0.39, 0.29) is 11.9 Å². The van der Waals surface area contributed by atoms with Gasteiger partial charge in [-0.05, 0) is 39.2 Å². The Hall–Kier alpha value is -2.22. The molecule has 1 atom stereocenters. The van der Waals surface area contributed by atoms with Gasteiger partial charge in [0.1, 0.15) is 18.5 Å². The number of likely N-dealkylation sites (tertiary alicyclic amines) is 1. The first-order chi connectivity index (χ1) is 11.6. The van der Waals surface area contributed by atoms with E-state index in [4.69, 9.17) is 0 Å². The largest absolute Gasteiger partial charge is 0.310 e. The van der Waals surface area contributed by atoms with E-state index in [1.54, 1.807) is 18.9 Å². The second kappa shape index (κ2) is 7.57. The molecule has 1 N–H and O–H groups in total. The first-order valence-corrected chi connectivity index (χ1v) is 8.50. The molecule has 2 aromatic heterocycles. The van der Waals surface area contributed by atoms with E-state index in [2.05, 4.69) is 25.4 Å². The van der Waals surface area contributed by atoms with Gasteiger partial charge in [0, 0.05) is 25.2 Å². The molecule has 2 aromatic rings. The van der Waals surface area contributed by atoms with E-state index in [1.165, 1.54) is 0 Å². The summed E-state index contributed by atoms with van der Waals surface area (Å²) in [7, 11) is 0. The molecule has 8 heteroatoms. The summed E-state index contributed by atoms with van der Waals surface area (Å²) in [6, 6.07) is 2.05. The SMILES string of the molecule is CC(C)n1nccc1NC(=O)CN1CCC[C@@H](Cn2cncn2)C1. The van der Waals surface area contributed by atoms with E-state index in [1.807, 2.05) is 29.3 Å². The molecule has 0 saturated carbocycles. The fourth-order valence-corrected chi connectivity index (χ4v) is 3.25. The fourth-order valence-electron chi connectivity index (χ4n) is 3.25. The van der Waals surface area contributed by atoms with Gasteiger partial charge in [0.15, 0.2) is 0 Å². The van der Waals surface area contributed by atoms with Crippen molar-refractivity contribution in [3.63, 3.8) is 0 Å². The van der Waals surface area contributed by atoms with Crippen LogP contribution in [0, 0.1) is 5.92 Å². The van der Waals surface area contributed by atoms with Crippen LogP contribution in [0.25, 0.3) is 0 Å². The zero-order valence-corrected chi connectivity index (χ0v) is 14.3. The topological polar surface area (TPSA) is 80.9 Å². The molecule has 24 heavy (non-hydrogen) atoms. The molecule has 3 heterocycles. The number of anilines is 1. The first kappa shape index (κ1) is 16.6. The lowest BCUT2D eigenvalue weighted by Crippen LogP contribution is -2.41. The van der Waals surface area contributed by atoms with E-state index < -0.39 is 0 Å². The number of amides is 1. The fraction of sp³-hybridized carbons (Fsp3) is 0.625. The molecule has 0 radical (unpaired) electrons. The highest BCUT2D eigenvalue weighted by molar-refractivity contribution is 5.91.